The van der Waals surface area contributed by atoms with Gasteiger partial charge in [0, 0.05) is 34.6 Å². The van der Waals surface area contributed by atoms with Gasteiger partial charge in [0.1, 0.15) is 12.2 Å². The first-order valence-corrected chi connectivity index (χ1v) is 8.41. The van der Waals surface area contributed by atoms with Gasteiger partial charge in [-0.15, -0.1) is 11.8 Å². The maximum Gasteiger partial charge on any atom is 0.138 e. The molecule has 2 rings (SSSR count). The Hall–Kier alpha value is -0.850. The van der Waals surface area contributed by atoms with Crippen LogP contribution in [-0.4, -0.2) is 33.1 Å². The van der Waals surface area contributed by atoms with Gasteiger partial charge in [0.2, 0.25) is 0 Å². The van der Waals surface area contributed by atoms with Crippen LogP contribution >= 0.6 is 27.7 Å². The summed E-state index contributed by atoms with van der Waals surface area (Å²) in [5, 5.41) is 7.64. The number of hydrogen-bond acceptors (Lipinski definition) is 4. The molecule has 0 bridgehead atoms. The third kappa shape index (κ3) is 4.61. The molecule has 0 fully saturated rings. The second-order valence-electron chi connectivity index (χ2n) is 4.52. The van der Waals surface area contributed by atoms with Gasteiger partial charge in [0.25, 0.3) is 0 Å². The van der Waals surface area contributed by atoms with E-state index in [1.54, 1.807) is 6.33 Å². The average molecular weight is 355 g/mol. The first-order valence-electron chi connectivity index (χ1n) is 6.63. The van der Waals surface area contributed by atoms with Gasteiger partial charge < -0.3 is 5.32 Å². The lowest BCUT2D eigenvalue weighted by atomic mass is 10.2. The van der Waals surface area contributed by atoms with Crippen molar-refractivity contribution in [2.45, 2.75) is 24.3 Å². The summed E-state index contributed by atoms with van der Waals surface area (Å²) >= 11 is 5.32. The van der Waals surface area contributed by atoms with Gasteiger partial charge >= 0.3 is 0 Å². The molecule has 0 aliphatic heterocycles. The number of likely N-dealkylation sites (N-methyl/N-ethyl adjacent to an activating group) is 1. The maximum absolute atomic E-state index is 4.30. The van der Waals surface area contributed by atoms with E-state index in [2.05, 4.69) is 62.5 Å². The molecule has 0 saturated heterocycles. The third-order valence-electron chi connectivity index (χ3n) is 2.99. The molecule has 4 nitrogen and oxygen atoms in total. The summed E-state index contributed by atoms with van der Waals surface area (Å²) in [6.45, 7) is 3.09. The minimum absolute atomic E-state index is 0.400. The second-order valence-corrected chi connectivity index (χ2v) is 6.53. The van der Waals surface area contributed by atoms with Crippen LogP contribution in [0.1, 0.15) is 12.7 Å². The SMILES string of the molecule is CCNC(CSc1ccc(Br)cc1)Cc1ncnn1C. The minimum Gasteiger partial charge on any atom is -0.313 e. The van der Waals surface area contributed by atoms with E-state index in [1.165, 1.54) is 4.90 Å². The third-order valence-corrected chi connectivity index (χ3v) is 4.69. The van der Waals surface area contributed by atoms with Crippen LogP contribution in [-0.2, 0) is 13.5 Å². The zero-order chi connectivity index (χ0) is 14.4. The molecule has 1 aromatic carbocycles. The minimum atomic E-state index is 0.400. The van der Waals surface area contributed by atoms with E-state index in [0.29, 0.717) is 6.04 Å². The molecule has 1 atom stereocenters. The van der Waals surface area contributed by atoms with Crippen LogP contribution in [0.2, 0.25) is 0 Å². The van der Waals surface area contributed by atoms with Crippen molar-refractivity contribution in [3.05, 3.63) is 40.9 Å². The van der Waals surface area contributed by atoms with Crippen LogP contribution in [0.3, 0.4) is 0 Å². The Morgan fingerprint density at radius 1 is 1.35 bits per heavy atom. The van der Waals surface area contributed by atoms with E-state index in [1.807, 2.05) is 23.5 Å². The highest BCUT2D eigenvalue weighted by atomic mass is 79.9. The number of benzene rings is 1. The molecular formula is C14H19BrN4S. The molecule has 0 aliphatic carbocycles. The molecule has 1 N–H and O–H groups in total. The summed E-state index contributed by atoms with van der Waals surface area (Å²) in [7, 11) is 1.94. The smallest absolute Gasteiger partial charge is 0.138 e. The molecule has 0 spiro atoms. The van der Waals surface area contributed by atoms with Crippen LogP contribution in [0.4, 0.5) is 0 Å². The van der Waals surface area contributed by atoms with Gasteiger partial charge in [-0.05, 0) is 30.8 Å². The molecule has 108 valence electrons. The van der Waals surface area contributed by atoms with Crippen molar-refractivity contribution in [1.82, 2.24) is 20.1 Å². The van der Waals surface area contributed by atoms with Crippen LogP contribution in [0.25, 0.3) is 0 Å². The first kappa shape index (κ1) is 15.5. The predicted octanol–water partition coefficient (Wildman–Crippen LogP) is 2.89. The molecule has 0 amide bonds. The lowest BCUT2D eigenvalue weighted by molar-refractivity contribution is 0.542. The van der Waals surface area contributed by atoms with Gasteiger partial charge in [-0.3, -0.25) is 4.68 Å². The van der Waals surface area contributed by atoms with Crippen LogP contribution < -0.4 is 5.32 Å². The van der Waals surface area contributed by atoms with Crippen molar-refractivity contribution in [2.75, 3.05) is 12.3 Å². The summed E-state index contributed by atoms with van der Waals surface area (Å²) in [6, 6.07) is 8.83. The Morgan fingerprint density at radius 3 is 2.70 bits per heavy atom. The summed E-state index contributed by atoms with van der Waals surface area (Å²) in [6.07, 6.45) is 2.51. The van der Waals surface area contributed by atoms with E-state index < -0.39 is 0 Å². The first-order chi connectivity index (χ1) is 9.69. The number of hydrogen-bond donors (Lipinski definition) is 1. The number of rotatable bonds is 7. The molecule has 0 saturated carbocycles. The van der Waals surface area contributed by atoms with Gasteiger partial charge in [0.05, 0.1) is 0 Å². The molecule has 1 aromatic heterocycles. The predicted molar refractivity (Wildman–Crippen MR) is 87.0 cm³/mol. The maximum atomic E-state index is 4.30. The summed E-state index contributed by atoms with van der Waals surface area (Å²) in [5.41, 5.74) is 0. The van der Waals surface area contributed by atoms with E-state index in [0.717, 1.165) is 29.0 Å². The lowest BCUT2D eigenvalue weighted by Crippen LogP contribution is -2.34. The van der Waals surface area contributed by atoms with Gasteiger partial charge in [-0.25, -0.2) is 4.98 Å². The van der Waals surface area contributed by atoms with Crippen LogP contribution in [0, 0.1) is 0 Å². The Bertz CT molecular complexity index is 526. The van der Waals surface area contributed by atoms with Crippen molar-refractivity contribution in [3.63, 3.8) is 0 Å². The van der Waals surface area contributed by atoms with Crippen LogP contribution in [0.15, 0.2) is 40.0 Å². The largest absolute Gasteiger partial charge is 0.313 e. The molecule has 1 heterocycles. The zero-order valence-corrected chi connectivity index (χ0v) is 14.1. The Morgan fingerprint density at radius 2 is 2.10 bits per heavy atom. The molecule has 2 aromatic rings. The standard InChI is InChI=1S/C14H19BrN4S/c1-3-16-12(8-14-17-10-18-19(14)2)9-20-13-6-4-11(15)5-7-13/h4-7,10,12,16H,3,8-9H2,1-2H3. The summed E-state index contributed by atoms with van der Waals surface area (Å²) in [4.78, 5) is 5.59. The van der Waals surface area contributed by atoms with E-state index >= 15 is 0 Å². The van der Waals surface area contributed by atoms with Crippen LogP contribution in [0.5, 0.6) is 0 Å². The van der Waals surface area contributed by atoms with Crippen molar-refractivity contribution in [2.24, 2.45) is 7.05 Å². The zero-order valence-electron chi connectivity index (χ0n) is 11.7. The number of aromatic nitrogens is 3. The number of halogens is 1. The van der Waals surface area contributed by atoms with Crippen molar-refractivity contribution >= 4 is 27.7 Å². The topological polar surface area (TPSA) is 42.7 Å². The van der Waals surface area contributed by atoms with Gasteiger partial charge in [-0.1, -0.05) is 22.9 Å². The number of thioether (sulfide) groups is 1. The molecule has 0 radical (unpaired) electrons. The number of nitrogens with zero attached hydrogens (tertiary/aromatic N) is 3. The van der Waals surface area contributed by atoms with E-state index in [9.17, 15) is 0 Å². The van der Waals surface area contributed by atoms with Crippen molar-refractivity contribution < 1.29 is 0 Å². The Labute approximate surface area is 132 Å². The quantitative estimate of drug-likeness (QED) is 0.776. The number of nitrogens with one attached hydrogen (secondary N) is 1. The molecule has 0 aliphatic rings. The molecule has 6 heteroatoms. The van der Waals surface area contributed by atoms with Crippen molar-refractivity contribution in [1.29, 1.82) is 0 Å². The van der Waals surface area contributed by atoms with Crippen molar-refractivity contribution in [3.8, 4) is 0 Å². The number of aryl methyl sites for hydroxylation is 1. The average Bonchev–Trinajstić information content (AvgIpc) is 2.84. The molecule has 20 heavy (non-hydrogen) atoms. The van der Waals surface area contributed by atoms with E-state index in [-0.39, 0.29) is 0 Å². The molecular weight excluding hydrogens is 336 g/mol. The van der Waals surface area contributed by atoms with Gasteiger partial charge in [0.15, 0.2) is 0 Å². The highest BCUT2D eigenvalue weighted by Crippen LogP contribution is 2.21. The fourth-order valence-corrected chi connectivity index (χ4v) is 3.15. The summed E-state index contributed by atoms with van der Waals surface area (Å²) in [5.74, 6) is 2.04. The fourth-order valence-electron chi connectivity index (χ4n) is 1.93. The second kappa shape index (κ2) is 7.81. The van der Waals surface area contributed by atoms with E-state index in [4.69, 9.17) is 0 Å². The lowest BCUT2D eigenvalue weighted by Gasteiger charge is -2.17. The highest BCUT2D eigenvalue weighted by molar-refractivity contribution is 9.10. The van der Waals surface area contributed by atoms with Gasteiger partial charge in [-0.2, -0.15) is 5.10 Å². The highest BCUT2D eigenvalue weighted by Gasteiger charge is 2.12. The Balaban J connectivity index is 1.92. The Kier molecular flexibility index (Phi) is 6.06. The molecule has 1 unspecified atom stereocenters. The summed E-state index contributed by atoms with van der Waals surface area (Å²) < 4.78 is 2.96. The fraction of sp³-hybridized carbons (Fsp3) is 0.429. The monoisotopic (exact) mass is 354 g/mol. The normalized spacial score (nSPS) is 12.6.